The zero-order valence-electron chi connectivity index (χ0n) is 13.8. The second-order valence-corrected chi connectivity index (χ2v) is 6.82. The van der Waals surface area contributed by atoms with E-state index in [0.717, 1.165) is 29.6 Å². The standard InChI is InChI=1S/C17H30ClN3/c1-4-19-15(14-10-8-6-5-7-9-11-14)12-16-17(18)13(2)20-21(16)3/h14-15,19H,4-12H2,1-3H3. The molecule has 0 bridgehead atoms. The molecule has 1 heterocycles. The van der Waals surface area contributed by atoms with E-state index in [1.807, 2.05) is 18.7 Å². The van der Waals surface area contributed by atoms with E-state index in [0.29, 0.717) is 6.04 Å². The minimum absolute atomic E-state index is 0.528. The smallest absolute Gasteiger partial charge is 0.0847 e. The number of nitrogens with one attached hydrogen (secondary N) is 1. The molecule has 1 atom stereocenters. The van der Waals surface area contributed by atoms with Crippen LogP contribution in [0.1, 0.15) is 63.3 Å². The first kappa shape index (κ1) is 16.8. The van der Waals surface area contributed by atoms with Crippen LogP contribution in [0.15, 0.2) is 0 Å². The van der Waals surface area contributed by atoms with Gasteiger partial charge in [0.25, 0.3) is 0 Å². The molecule has 1 N–H and O–H groups in total. The minimum atomic E-state index is 0.528. The van der Waals surface area contributed by atoms with Crippen molar-refractivity contribution in [1.82, 2.24) is 15.1 Å². The zero-order valence-corrected chi connectivity index (χ0v) is 14.5. The predicted molar refractivity (Wildman–Crippen MR) is 89.9 cm³/mol. The highest BCUT2D eigenvalue weighted by molar-refractivity contribution is 6.31. The molecule has 21 heavy (non-hydrogen) atoms. The summed E-state index contributed by atoms with van der Waals surface area (Å²) >= 11 is 6.44. The van der Waals surface area contributed by atoms with Crippen LogP contribution in [0.25, 0.3) is 0 Å². The average molecular weight is 312 g/mol. The number of halogens is 1. The summed E-state index contributed by atoms with van der Waals surface area (Å²) in [5, 5.41) is 9.03. The molecule has 120 valence electrons. The second kappa shape index (κ2) is 8.19. The summed E-state index contributed by atoms with van der Waals surface area (Å²) in [7, 11) is 2.01. The number of aromatic nitrogens is 2. The number of rotatable bonds is 5. The lowest BCUT2D eigenvalue weighted by Crippen LogP contribution is -2.39. The molecule has 1 fully saturated rings. The van der Waals surface area contributed by atoms with Gasteiger partial charge in [0.1, 0.15) is 0 Å². The summed E-state index contributed by atoms with van der Waals surface area (Å²) in [6.45, 7) is 5.21. The van der Waals surface area contributed by atoms with Crippen molar-refractivity contribution < 1.29 is 0 Å². The van der Waals surface area contributed by atoms with Crippen molar-refractivity contribution >= 4 is 11.6 Å². The Bertz CT molecular complexity index is 433. The van der Waals surface area contributed by atoms with Crippen molar-refractivity contribution in [3.05, 3.63) is 16.4 Å². The van der Waals surface area contributed by atoms with Crippen molar-refractivity contribution in [3.63, 3.8) is 0 Å². The van der Waals surface area contributed by atoms with E-state index in [-0.39, 0.29) is 0 Å². The maximum Gasteiger partial charge on any atom is 0.0847 e. The molecule has 0 aromatic carbocycles. The minimum Gasteiger partial charge on any atom is -0.314 e. The van der Waals surface area contributed by atoms with Gasteiger partial charge < -0.3 is 5.32 Å². The summed E-state index contributed by atoms with van der Waals surface area (Å²) in [5.41, 5.74) is 2.13. The Labute approximate surface area is 134 Å². The van der Waals surface area contributed by atoms with Crippen molar-refractivity contribution in [3.8, 4) is 0 Å². The molecular weight excluding hydrogens is 282 g/mol. The molecular formula is C17H30ClN3. The number of nitrogens with zero attached hydrogens (tertiary/aromatic N) is 2. The SMILES string of the molecule is CCNC(Cc1c(Cl)c(C)nn1C)C1CCCCCCC1. The maximum atomic E-state index is 6.44. The normalized spacial score (nSPS) is 19.2. The van der Waals surface area contributed by atoms with Gasteiger partial charge in [0.15, 0.2) is 0 Å². The highest BCUT2D eigenvalue weighted by atomic mass is 35.5. The van der Waals surface area contributed by atoms with Crippen LogP contribution in [-0.2, 0) is 13.5 Å². The Morgan fingerprint density at radius 3 is 2.38 bits per heavy atom. The summed E-state index contributed by atoms with van der Waals surface area (Å²) in [6, 6.07) is 0.528. The van der Waals surface area contributed by atoms with Crippen LogP contribution >= 0.6 is 11.6 Å². The van der Waals surface area contributed by atoms with Crippen molar-refractivity contribution in [1.29, 1.82) is 0 Å². The Morgan fingerprint density at radius 1 is 1.24 bits per heavy atom. The van der Waals surface area contributed by atoms with E-state index in [2.05, 4.69) is 17.3 Å². The number of hydrogen-bond acceptors (Lipinski definition) is 2. The third-order valence-electron chi connectivity index (χ3n) is 4.86. The van der Waals surface area contributed by atoms with Gasteiger partial charge >= 0.3 is 0 Å². The molecule has 1 saturated carbocycles. The van der Waals surface area contributed by atoms with Crippen LogP contribution in [0.3, 0.4) is 0 Å². The van der Waals surface area contributed by atoms with E-state index in [1.54, 1.807) is 0 Å². The van der Waals surface area contributed by atoms with Gasteiger partial charge in [-0.25, -0.2) is 0 Å². The Morgan fingerprint density at radius 2 is 1.86 bits per heavy atom. The van der Waals surface area contributed by atoms with Gasteiger partial charge in [-0.3, -0.25) is 4.68 Å². The van der Waals surface area contributed by atoms with E-state index in [4.69, 9.17) is 11.6 Å². The van der Waals surface area contributed by atoms with Gasteiger partial charge in [-0.15, -0.1) is 0 Å². The number of hydrogen-bond donors (Lipinski definition) is 1. The monoisotopic (exact) mass is 311 g/mol. The van der Waals surface area contributed by atoms with Crippen LogP contribution in [0.5, 0.6) is 0 Å². The maximum absolute atomic E-state index is 6.44. The molecule has 4 heteroatoms. The third kappa shape index (κ3) is 4.46. The van der Waals surface area contributed by atoms with E-state index in [9.17, 15) is 0 Å². The quantitative estimate of drug-likeness (QED) is 0.880. The molecule has 1 aliphatic rings. The van der Waals surface area contributed by atoms with Gasteiger partial charge in [-0.1, -0.05) is 50.6 Å². The molecule has 0 spiro atoms. The molecule has 0 amide bonds. The lowest BCUT2D eigenvalue weighted by atomic mass is 9.84. The van der Waals surface area contributed by atoms with Gasteiger partial charge in [0, 0.05) is 19.5 Å². The Balaban J connectivity index is 2.09. The molecule has 1 aliphatic carbocycles. The Kier molecular flexibility index (Phi) is 6.56. The Hall–Kier alpha value is -0.540. The van der Waals surface area contributed by atoms with E-state index in [1.165, 1.54) is 50.6 Å². The largest absolute Gasteiger partial charge is 0.314 e. The number of likely N-dealkylation sites (N-methyl/N-ethyl adjacent to an activating group) is 1. The summed E-state index contributed by atoms with van der Waals surface area (Å²) < 4.78 is 1.96. The first-order valence-electron chi connectivity index (χ1n) is 8.54. The first-order chi connectivity index (χ1) is 10.1. The van der Waals surface area contributed by atoms with Crippen LogP contribution < -0.4 is 5.32 Å². The zero-order chi connectivity index (χ0) is 15.2. The molecule has 0 aliphatic heterocycles. The molecule has 0 saturated heterocycles. The lowest BCUT2D eigenvalue weighted by molar-refractivity contribution is 0.283. The summed E-state index contributed by atoms with van der Waals surface area (Å²) in [6.07, 6.45) is 10.7. The summed E-state index contributed by atoms with van der Waals surface area (Å²) in [5.74, 6) is 0.775. The van der Waals surface area contributed by atoms with Gasteiger partial charge in [0.2, 0.25) is 0 Å². The highest BCUT2D eigenvalue weighted by Gasteiger charge is 2.24. The predicted octanol–water partition coefficient (Wildman–Crippen LogP) is 4.26. The first-order valence-corrected chi connectivity index (χ1v) is 8.92. The molecule has 3 nitrogen and oxygen atoms in total. The van der Waals surface area contributed by atoms with Gasteiger partial charge in [-0.2, -0.15) is 5.10 Å². The number of aryl methyl sites for hydroxylation is 2. The molecule has 1 unspecified atom stereocenters. The van der Waals surface area contributed by atoms with E-state index < -0.39 is 0 Å². The molecule has 1 aromatic heterocycles. The van der Waals surface area contributed by atoms with E-state index >= 15 is 0 Å². The van der Waals surface area contributed by atoms with Crippen molar-refractivity contribution in [2.45, 2.75) is 71.3 Å². The van der Waals surface area contributed by atoms with Crippen molar-refractivity contribution in [2.75, 3.05) is 6.54 Å². The molecule has 2 rings (SSSR count). The average Bonchev–Trinajstić information content (AvgIpc) is 2.64. The molecule has 0 radical (unpaired) electrons. The lowest BCUT2D eigenvalue weighted by Gasteiger charge is -2.29. The fourth-order valence-electron chi connectivity index (χ4n) is 3.67. The third-order valence-corrected chi connectivity index (χ3v) is 5.35. The van der Waals surface area contributed by atoms with Gasteiger partial charge in [0.05, 0.1) is 16.4 Å². The van der Waals surface area contributed by atoms with Crippen LogP contribution in [-0.4, -0.2) is 22.4 Å². The fourth-order valence-corrected chi connectivity index (χ4v) is 3.91. The fraction of sp³-hybridized carbons (Fsp3) is 0.824. The summed E-state index contributed by atoms with van der Waals surface area (Å²) in [4.78, 5) is 0. The van der Waals surface area contributed by atoms with Crippen molar-refractivity contribution in [2.24, 2.45) is 13.0 Å². The topological polar surface area (TPSA) is 29.9 Å². The van der Waals surface area contributed by atoms with Gasteiger partial charge in [-0.05, 0) is 32.2 Å². The van der Waals surface area contributed by atoms with Crippen LogP contribution in [0, 0.1) is 12.8 Å². The second-order valence-electron chi connectivity index (χ2n) is 6.44. The molecule has 1 aromatic rings. The van der Waals surface area contributed by atoms with Crippen LogP contribution in [0.2, 0.25) is 5.02 Å². The van der Waals surface area contributed by atoms with Crippen LogP contribution in [0.4, 0.5) is 0 Å². The highest BCUT2D eigenvalue weighted by Crippen LogP contribution is 2.28.